The van der Waals surface area contributed by atoms with Crippen molar-refractivity contribution < 1.29 is 14.3 Å². The number of Topliss-reactive ketones (excluding diaryl/α,β-unsaturated/α-hetero) is 1. The van der Waals surface area contributed by atoms with Crippen molar-refractivity contribution in [2.75, 3.05) is 24.8 Å². The summed E-state index contributed by atoms with van der Waals surface area (Å²) in [6.07, 6.45) is 0.976. The molecule has 5 heteroatoms. The summed E-state index contributed by atoms with van der Waals surface area (Å²) in [5.41, 5.74) is 1.09. The molecule has 0 fully saturated rings. The van der Waals surface area contributed by atoms with Crippen LogP contribution in [0, 0.1) is 0 Å². The molecular weight excluding hydrogens is 238 g/mol. The summed E-state index contributed by atoms with van der Waals surface area (Å²) >= 11 is 1.69. The first kappa shape index (κ1) is 12.1. The molecule has 1 aliphatic rings. The first-order valence-electron chi connectivity index (χ1n) is 5.34. The lowest BCUT2D eigenvalue weighted by Gasteiger charge is -2.03. The van der Waals surface area contributed by atoms with Crippen LogP contribution in [-0.4, -0.2) is 31.2 Å². The molecule has 0 bridgehead atoms. The fraction of sp³-hybridized carbons (Fsp3) is 0.333. The number of carbonyl (C=O) groups is 2. The van der Waals surface area contributed by atoms with Gasteiger partial charge in [-0.25, -0.2) is 0 Å². The molecule has 1 amide bonds. The number of methoxy groups -OCH3 is 1. The van der Waals surface area contributed by atoms with Gasteiger partial charge in [0, 0.05) is 24.4 Å². The predicted molar refractivity (Wildman–Crippen MR) is 66.6 cm³/mol. The summed E-state index contributed by atoms with van der Waals surface area (Å²) in [4.78, 5) is 23.6. The number of hydrogen-bond donors (Lipinski definition) is 1. The summed E-state index contributed by atoms with van der Waals surface area (Å²) < 4.78 is 4.97. The van der Waals surface area contributed by atoms with Gasteiger partial charge in [0.2, 0.25) is 0 Å². The lowest BCUT2D eigenvalue weighted by Crippen LogP contribution is -2.12. The first-order valence-corrected chi connectivity index (χ1v) is 6.32. The average molecular weight is 251 g/mol. The Labute approximate surface area is 104 Å². The van der Waals surface area contributed by atoms with Gasteiger partial charge < -0.3 is 10.1 Å². The van der Waals surface area contributed by atoms with Crippen LogP contribution in [0.4, 0.5) is 5.69 Å². The lowest BCUT2D eigenvalue weighted by atomic mass is 10.1. The number of anilines is 1. The van der Waals surface area contributed by atoms with Crippen molar-refractivity contribution >= 4 is 29.1 Å². The van der Waals surface area contributed by atoms with Crippen LogP contribution in [0.2, 0.25) is 0 Å². The second-order valence-corrected chi connectivity index (χ2v) is 4.85. The number of hydrogen-bond acceptors (Lipinski definition) is 4. The van der Waals surface area contributed by atoms with E-state index in [1.165, 1.54) is 0 Å². The fourth-order valence-corrected chi connectivity index (χ4v) is 2.47. The van der Waals surface area contributed by atoms with Crippen LogP contribution in [0.1, 0.15) is 16.8 Å². The Kier molecular flexibility index (Phi) is 3.81. The zero-order valence-corrected chi connectivity index (χ0v) is 10.3. The SMILES string of the molecule is COCCCSc1ccc2c(c1)NC(=O)C2=O. The van der Waals surface area contributed by atoms with Gasteiger partial charge in [0.25, 0.3) is 11.7 Å². The van der Waals surface area contributed by atoms with Crippen LogP contribution in [0.5, 0.6) is 0 Å². The molecule has 17 heavy (non-hydrogen) atoms. The zero-order chi connectivity index (χ0) is 12.3. The number of thioether (sulfide) groups is 1. The largest absolute Gasteiger partial charge is 0.385 e. The van der Waals surface area contributed by atoms with Crippen molar-refractivity contribution in [1.82, 2.24) is 0 Å². The normalized spacial score (nSPS) is 13.7. The topological polar surface area (TPSA) is 55.4 Å². The average Bonchev–Trinajstić information content (AvgIpc) is 2.61. The van der Waals surface area contributed by atoms with E-state index in [9.17, 15) is 9.59 Å². The Morgan fingerprint density at radius 3 is 2.94 bits per heavy atom. The van der Waals surface area contributed by atoms with Gasteiger partial charge in [-0.2, -0.15) is 0 Å². The molecule has 0 radical (unpaired) electrons. The third kappa shape index (κ3) is 2.68. The summed E-state index contributed by atoms with van der Waals surface area (Å²) in [6.45, 7) is 0.743. The molecule has 0 spiro atoms. The van der Waals surface area contributed by atoms with Gasteiger partial charge in [-0.15, -0.1) is 11.8 Å². The lowest BCUT2D eigenvalue weighted by molar-refractivity contribution is -0.112. The Morgan fingerprint density at radius 2 is 2.18 bits per heavy atom. The van der Waals surface area contributed by atoms with E-state index in [-0.39, 0.29) is 0 Å². The van der Waals surface area contributed by atoms with Crippen molar-refractivity contribution in [3.8, 4) is 0 Å². The maximum atomic E-state index is 11.4. The predicted octanol–water partition coefficient (Wildman–Crippen LogP) is 1.95. The molecular formula is C12H13NO3S. The van der Waals surface area contributed by atoms with E-state index < -0.39 is 11.7 Å². The minimum Gasteiger partial charge on any atom is -0.385 e. The molecule has 0 saturated carbocycles. The van der Waals surface area contributed by atoms with Gasteiger partial charge in [0.15, 0.2) is 0 Å². The highest BCUT2D eigenvalue weighted by atomic mass is 32.2. The highest BCUT2D eigenvalue weighted by Crippen LogP contribution is 2.29. The van der Waals surface area contributed by atoms with E-state index in [0.29, 0.717) is 11.3 Å². The second kappa shape index (κ2) is 5.33. The third-order valence-corrected chi connectivity index (χ3v) is 3.53. The van der Waals surface area contributed by atoms with Crippen LogP contribution >= 0.6 is 11.8 Å². The van der Waals surface area contributed by atoms with Gasteiger partial charge >= 0.3 is 0 Å². The van der Waals surface area contributed by atoms with E-state index in [0.717, 1.165) is 23.7 Å². The molecule has 4 nitrogen and oxygen atoms in total. The van der Waals surface area contributed by atoms with E-state index in [4.69, 9.17) is 4.74 Å². The Morgan fingerprint density at radius 1 is 1.35 bits per heavy atom. The summed E-state index contributed by atoms with van der Waals surface area (Å²) in [6, 6.07) is 5.41. The van der Waals surface area contributed by atoms with Crippen LogP contribution < -0.4 is 5.32 Å². The minimum absolute atomic E-state index is 0.448. The molecule has 0 atom stereocenters. The number of nitrogens with one attached hydrogen (secondary N) is 1. The van der Waals surface area contributed by atoms with E-state index in [2.05, 4.69) is 5.32 Å². The summed E-state index contributed by atoms with van der Waals surface area (Å²) in [5.74, 6) is -0.0356. The minimum atomic E-state index is -0.540. The second-order valence-electron chi connectivity index (χ2n) is 3.69. The molecule has 0 aliphatic carbocycles. The van der Waals surface area contributed by atoms with Crippen LogP contribution in [-0.2, 0) is 9.53 Å². The standard InChI is InChI=1S/C12H13NO3S/c1-16-5-2-6-17-8-3-4-9-10(7-8)13-12(15)11(9)14/h3-4,7H,2,5-6H2,1H3,(H,13,14,15). The van der Waals surface area contributed by atoms with Gasteiger partial charge in [-0.3, -0.25) is 9.59 Å². The third-order valence-electron chi connectivity index (χ3n) is 2.45. The van der Waals surface area contributed by atoms with Gasteiger partial charge in [0.1, 0.15) is 0 Å². The van der Waals surface area contributed by atoms with E-state index in [1.54, 1.807) is 24.9 Å². The molecule has 1 aliphatic heterocycles. The molecule has 0 unspecified atom stereocenters. The maximum absolute atomic E-state index is 11.4. The molecule has 1 aromatic rings. The Balaban J connectivity index is 2.01. The number of amides is 1. The molecule has 1 N–H and O–H groups in total. The number of ether oxygens (including phenoxy) is 1. The van der Waals surface area contributed by atoms with Crippen LogP contribution in [0.3, 0.4) is 0 Å². The monoisotopic (exact) mass is 251 g/mol. The van der Waals surface area contributed by atoms with Crippen molar-refractivity contribution in [2.24, 2.45) is 0 Å². The number of rotatable bonds is 5. The summed E-state index contributed by atoms with van der Waals surface area (Å²) in [7, 11) is 1.68. The van der Waals surface area contributed by atoms with Crippen molar-refractivity contribution in [3.05, 3.63) is 23.8 Å². The highest BCUT2D eigenvalue weighted by molar-refractivity contribution is 7.99. The Bertz CT molecular complexity index is 459. The van der Waals surface area contributed by atoms with Gasteiger partial charge in [0.05, 0.1) is 11.3 Å². The molecule has 0 aromatic heterocycles. The van der Waals surface area contributed by atoms with Crippen molar-refractivity contribution in [2.45, 2.75) is 11.3 Å². The van der Waals surface area contributed by atoms with Crippen molar-refractivity contribution in [3.63, 3.8) is 0 Å². The first-order chi connectivity index (χ1) is 8.22. The Hall–Kier alpha value is -1.33. The fourth-order valence-electron chi connectivity index (χ4n) is 1.61. The highest BCUT2D eigenvalue weighted by Gasteiger charge is 2.27. The summed E-state index contributed by atoms with van der Waals surface area (Å²) in [5, 5.41) is 2.56. The van der Waals surface area contributed by atoms with E-state index >= 15 is 0 Å². The molecule has 2 rings (SSSR count). The number of carbonyl (C=O) groups excluding carboxylic acids is 2. The van der Waals surface area contributed by atoms with Gasteiger partial charge in [-0.1, -0.05) is 0 Å². The number of ketones is 1. The zero-order valence-electron chi connectivity index (χ0n) is 9.49. The number of benzene rings is 1. The molecule has 1 aromatic carbocycles. The quantitative estimate of drug-likeness (QED) is 0.493. The molecule has 90 valence electrons. The van der Waals surface area contributed by atoms with Crippen LogP contribution in [0.15, 0.2) is 23.1 Å². The van der Waals surface area contributed by atoms with E-state index in [1.807, 2.05) is 12.1 Å². The maximum Gasteiger partial charge on any atom is 0.296 e. The van der Waals surface area contributed by atoms with Crippen molar-refractivity contribution in [1.29, 1.82) is 0 Å². The smallest absolute Gasteiger partial charge is 0.296 e. The number of fused-ring (bicyclic) bond motifs is 1. The van der Waals surface area contributed by atoms with Gasteiger partial charge in [-0.05, 0) is 24.6 Å². The molecule has 0 saturated heterocycles. The van der Waals surface area contributed by atoms with Crippen LogP contribution in [0.25, 0.3) is 0 Å². The molecule has 1 heterocycles.